The molecule has 1 unspecified atom stereocenters. The molecule has 0 aliphatic rings. The molecular weight excluding hydrogens is 330 g/mol. The summed E-state index contributed by atoms with van der Waals surface area (Å²) in [5.74, 6) is -0.0886. The Balaban J connectivity index is 2.26. The first-order valence-electron chi connectivity index (χ1n) is 5.57. The Morgan fingerprint density at radius 2 is 2.26 bits per heavy atom. The molecule has 0 aliphatic heterocycles. The number of benzene rings is 1. The number of nitro groups is 1. The zero-order chi connectivity index (χ0) is 14.0. The highest BCUT2D eigenvalue weighted by molar-refractivity contribution is 9.10. The van der Waals surface area contributed by atoms with Crippen LogP contribution in [-0.4, -0.2) is 14.5 Å². The van der Waals surface area contributed by atoms with E-state index in [1.807, 2.05) is 31.2 Å². The lowest BCUT2D eigenvalue weighted by Crippen LogP contribution is -1.96. The molecule has 0 aliphatic carbocycles. The fraction of sp³-hybridized carbons (Fsp3) is 0.250. The van der Waals surface area contributed by atoms with Gasteiger partial charge in [0.05, 0.1) is 0 Å². The zero-order valence-corrected chi connectivity index (χ0v) is 12.8. The average molecular weight is 342 g/mol. The average Bonchev–Trinajstić information content (AvgIpc) is 2.71. The van der Waals surface area contributed by atoms with Gasteiger partial charge in [-0.15, -0.1) is 0 Å². The van der Waals surface area contributed by atoms with Gasteiger partial charge in [0, 0.05) is 16.8 Å². The standard InChI is InChI=1S/C12H12BrN3O2S/c1-8(9-4-3-5-10(13)6-9)19-12-11(16(17)18)14-7-15(12)2/h3-8H,1-2H3. The molecule has 0 amide bonds. The fourth-order valence-electron chi connectivity index (χ4n) is 1.66. The summed E-state index contributed by atoms with van der Waals surface area (Å²) in [6.45, 7) is 2.02. The molecule has 2 rings (SSSR count). The molecule has 1 heterocycles. The van der Waals surface area contributed by atoms with Gasteiger partial charge in [-0.3, -0.25) is 0 Å². The van der Waals surface area contributed by atoms with Gasteiger partial charge in [0.15, 0.2) is 5.03 Å². The van der Waals surface area contributed by atoms with Gasteiger partial charge in [-0.25, -0.2) is 0 Å². The van der Waals surface area contributed by atoms with Crippen molar-refractivity contribution >= 4 is 33.5 Å². The van der Waals surface area contributed by atoms with Crippen molar-refractivity contribution in [1.29, 1.82) is 0 Å². The van der Waals surface area contributed by atoms with E-state index < -0.39 is 4.92 Å². The molecule has 0 radical (unpaired) electrons. The highest BCUT2D eigenvalue weighted by Crippen LogP contribution is 2.39. The molecular formula is C12H12BrN3O2S. The summed E-state index contributed by atoms with van der Waals surface area (Å²) < 4.78 is 2.68. The van der Waals surface area contributed by atoms with Gasteiger partial charge in [0.2, 0.25) is 6.33 Å². The minimum Gasteiger partial charge on any atom is -0.358 e. The molecule has 5 nitrogen and oxygen atoms in total. The molecule has 0 saturated carbocycles. The van der Waals surface area contributed by atoms with Crippen molar-refractivity contribution in [2.45, 2.75) is 17.2 Å². The van der Waals surface area contributed by atoms with E-state index in [1.165, 1.54) is 18.1 Å². The van der Waals surface area contributed by atoms with Gasteiger partial charge in [-0.2, -0.15) is 0 Å². The zero-order valence-electron chi connectivity index (χ0n) is 10.4. The third-order valence-electron chi connectivity index (χ3n) is 2.64. The first kappa shape index (κ1) is 14.1. The quantitative estimate of drug-likeness (QED) is 0.480. The smallest absolute Gasteiger partial charge is 0.358 e. The first-order valence-corrected chi connectivity index (χ1v) is 7.24. The van der Waals surface area contributed by atoms with Crippen LogP contribution in [-0.2, 0) is 7.05 Å². The molecule has 1 aromatic carbocycles. The summed E-state index contributed by atoms with van der Waals surface area (Å²) in [4.78, 5) is 14.3. The second-order valence-corrected chi connectivity index (χ2v) is 6.30. The number of hydrogen-bond acceptors (Lipinski definition) is 4. The van der Waals surface area contributed by atoms with Gasteiger partial charge in [-0.1, -0.05) is 39.8 Å². The highest BCUT2D eigenvalue weighted by atomic mass is 79.9. The van der Waals surface area contributed by atoms with Crippen molar-refractivity contribution in [3.8, 4) is 0 Å². The van der Waals surface area contributed by atoms with Crippen LogP contribution in [0.4, 0.5) is 5.82 Å². The molecule has 0 spiro atoms. The SMILES string of the molecule is CC(Sc1c([N+](=O)[O-])ncn1C)c1cccc(Br)c1. The minimum atomic E-state index is -0.448. The van der Waals surface area contributed by atoms with Gasteiger partial charge < -0.3 is 14.7 Å². The number of thioether (sulfide) groups is 1. The lowest BCUT2D eigenvalue weighted by molar-refractivity contribution is -0.392. The number of halogens is 1. The van der Waals surface area contributed by atoms with Crippen molar-refractivity contribution in [3.63, 3.8) is 0 Å². The summed E-state index contributed by atoms with van der Waals surface area (Å²) in [5.41, 5.74) is 1.11. The van der Waals surface area contributed by atoms with Crippen molar-refractivity contribution in [2.75, 3.05) is 0 Å². The Labute approximate surface area is 123 Å². The first-order chi connectivity index (χ1) is 8.99. The van der Waals surface area contributed by atoms with Crippen molar-refractivity contribution in [3.05, 3.63) is 50.7 Å². The second kappa shape index (κ2) is 5.75. The lowest BCUT2D eigenvalue weighted by atomic mass is 10.2. The van der Waals surface area contributed by atoms with E-state index in [0.717, 1.165) is 10.0 Å². The fourth-order valence-corrected chi connectivity index (χ4v) is 3.14. The van der Waals surface area contributed by atoms with E-state index >= 15 is 0 Å². The van der Waals surface area contributed by atoms with Crippen LogP contribution in [0.5, 0.6) is 0 Å². The number of hydrogen-bond donors (Lipinski definition) is 0. The number of rotatable bonds is 4. The number of nitrogens with zero attached hydrogens (tertiary/aromatic N) is 3. The van der Waals surface area contributed by atoms with Crippen LogP contribution in [0.2, 0.25) is 0 Å². The Hall–Kier alpha value is -1.34. The van der Waals surface area contributed by atoms with Crippen molar-refractivity contribution in [1.82, 2.24) is 9.55 Å². The van der Waals surface area contributed by atoms with Crippen LogP contribution in [0.25, 0.3) is 0 Å². The molecule has 100 valence electrons. The minimum absolute atomic E-state index is 0.0886. The highest BCUT2D eigenvalue weighted by Gasteiger charge is 2.23. The number of imidazole rings is 1. The molecule has 0 saturated heterocycles. The topological polar surface area (TPSA) is 61.0 Å². The van der Waals surface area contributed by atoms with E-state index in [0.29, 0.717) is 5.03 Å². The van der Waals surface area contributed by atoms with E-state index in [4.69, 9.17) is 0 Å². The lowest BCUT2D eigenvalue weighted by Gasteiger charge is -2.11. The Morgan fingerprint density at radius 3 is 2.89 bits per heavy atom. The van der Waals surface area contributed by atoms with Crippen LogP contribution in [0.1, 0.15) is 17.7 Å². The maximum absolute atomic E-state index is 10.9. The van der Waals surface area contributed by atoms with Crippen LogP contribution in [0.3, 0.4) is 0 Å². The molecule has 1 atom stereocenters. The summed E-state index contributed by atoms with van der Waals surface area (Å²) >= 11 is 4.86. The van der Waals surface area contributed by atoms with Gasteiger partial charge in [0.25, 0.3) is 0 Å². The Bertz CT molecular complexity index is 615. The molecule has 1 aromatic heterocycles. The number of aromatic nitrogens is 2. The van der Waals surface area contributed by atoms with Crippen LogP contribution in [0, 0.1) is 10.1 Å². The van der Waals surface area contributed by atoms with Crippen LogP contribution < -0.4 is 0 Å². The van der Waals surface area contributed by atoms with E-state index in [1.54, 1.807) is 11.6 Å². The van der Waals surface area contributed by atoms with Gasteiger partial charge >= 0.3 is 5.82 Å². The third kappa shape index (κ3) is 3.16. The molecule has 0 N–H and O–H groups in total. The van der Waals surface area contributed by atoms with E-state index in [9.17, 15) is 10.1 Å². The summed E-state index contributed by atoms with van der Waals surface area (Å²) in [6, 6.07) is 7.92. The van der Waals surface area contributed by atoms with Crippen molar-refractivity contribution < 1.29 is 4.92 Å². The monoisotopic (exact) mass is 341 g/mol. The Morgan fingerprint density at radius 1 is 1.53 bits per heavy atom. The summed E-state index contributed by atoms with van der Waals surface area (Å²) in [5, 5.41) is 11.6. The van der Waals surface area contributed by atoms with Crippen LogP contribution in [0.15, 0.2) is 40.1 Å². The van der Waals surface area contributed by atoms with E-state index in [2.05, 4.69) is 20.9 Å². The van der Waals surface area contributed by atoms with E-state index in [-0.39, 0.29) is 11.1 Å². The number of aryl methyl sites for hydroxylation is 1. The third-order valence-corrected chi connectivity index (χ3v) is 4.46. The van der Waals surface area contributed by atoms with Crippen LogP contribution >= 0.6 is 27.7 Å². The second-order valence-electron chi connectivity index (χ2n) is 4.06. The molecule has 2 aromatic rings. The normalized spacial score (nSPS) is 12.4. The maximum atomic E-state index is 10.9. The molecule has 19 heavy (non-hydrogen) atoms. The molecule has 7 heteroatoms. The van der Waals surface area contributed by atoms with Crippen molar-refractivity contribution in [2.24, 2.45) is 7.05 Å². The largest absolute Gasteiger partial charge is 0.395 e. The molecule has 0 bridgehead atoms. The van der Waals surface area contributed by atoms with Gasteiger partial charge in [-0.05, 0) is 34.5 Å². The predicted molar refractivity (Wildman–Crippen MR) is 78.3 cm³/mol. The maximum Gasteiger partial charge on any atom is 0.395 e. The summed E-state index contributed by atoms with van der Waals surface area (Å²) in [7, 11) is 1.76. The van der Waals surface area contributed by atoms with Gasteiger partial charge in [0.1, 0.15) is 0 Å². The molecule has 0 fully saturated rings. The Kier molecular flexibility index (Phi) is 4.26. The predicted octanol–water partition coefficient (Wildman–Crippen LogP) is 3.94. The summed E-state index contributed by atoms with van der Waals surface area (Å²) in [6.07, 6.45) is 1.47.